The maximum absolute atomic E-state index is 13.6. The van der Waals surface area contributed by atoms with Crippen LogP contribution in [0.1, 0.15) is 28.9 Å². The molecule has 1 saturated heterocycles. The molecule has 2 aliphatic heterocycles. The average molecular weight is 546 g/mol. The molecule has 1 N–H and O–H groups in total. The molecule has 38 heavy (non-hydrogen) atoms. The third-order valence-corrected chi connectivity index (χ3v) is 7.95. The van der Waals surface area contributed by atoms with Crippen LogP contribution in [0, 0.1) is 5.82 Å². The van der Waals surface area contributed by atoms with Crippen molar-refractivity contribution in [3.63, 3.8) is 0 Å². The molecule has 2 atom stereocenters. The second kappa shape index (κ2) is 10.0. The number of carbonyl (C=O) groups is 2. The molecule has 2 unspecified atom stereocenters. The van der Waals surface area contributed by atoms with Crippen LogP contribution in [0.2, 0.25) is 0 Å². The number of morpholine rings is 1. The summed E-state index contributed by atoms with van der Waals surface area (Å²) in [5, 5.41) is 3.04. The van der Waals surface area contributed by atoms with Crippen LogP contribution in [-0.4, -0.2) is 77.4 Å². The molecule has 2 aliphatic rings. The van der Waals surface area contributed by atoms with Crippen LogP contribution in [0.5, 0.6) is 0 Å². The molecular weight excluding hydrogens is 517 g/mol. The van der Waals surface area contributed by atoms with E-state index in [0.29, 0.717) is 48.5 Å². The third kappa shape index (κ3) is 4.74. The monoisotopic (exact) mass is 545 g/mol. The highest BCUT2D eigenvalue weighted by atomic mass is 32.2. The van der Waals surface area contributed by atoms with Gasteiger partial charge >= 0.3 is 0 Å². The quantitative estimate of drug-likeness (QED) is 0.536. The number of hydrogen-bond donors (Lipinski definition) is 1. The van der Waals surface area contributed by atoms with Crippen LogP contribution in [0.4, 0.5) is 10.1 Å². The number of rotatable bonds is 4. The Morgan fingerprint density at radius 2 is 1.79 bits per heavy atom. The second-order valence-corrected chi connectivity index (χ2v) is 11.2. The highest BCUT2D eigenvalue weighted by molar-refractivity contribution is 7.92. The number of amides is 2. The lowest BCUT2D eigenvalue weighted by atomic mass is 10.0. The number of carbonyl (C=O) groups excluding carboxylic acids is 2. The molecular formula is C26H28FN3O7S. The zero-order valence-electron chi connectivity index (χ0n) is 21.2. The molecule has 0 bridgehead atoms. The molecule has 10 nitrogen and oxygen atoms in total. The fourth-order valence-electron chi connectivity index (χ4n) is 4.89. The molecule has 0 spiro atoms. The Labute approximate surface area is 219 Å². The number of furan rings is 1. The Bertz CT molecular complexity index is 1500. The number of sulfonamides is 1. The Hall–Kier alpha value is -3.48. The summed E-state index contributed by atoms with van der Waals surface area (Å²) in [6.45, 7) is 3.11. The summed E-state index contributed by atoms with van der Waals surface area (Å²) in [5.74, 6) is -0.950. The van der Waals surface area contributed by atoms with E-state index in [0.717, 1.165) is 10.6 Å². The average Bonchev–Trinajstić information content (AvgIpc) is 3.20. The lowest BCUT2D eigenvalue weighted by Crippen LogP contribution is -2.50. The zero-order valence-corrected chi connectivity index (χ0v) is 22.0. The van der Waals surface area contributed by atoms with Gasteiger partial charge in [-0.3, -0.25) is 13.9 Å². The largest absolute Gasteiger partial charge is 0.455 e. The SMILES string of the molecule is CNC(=O)c1c(-c2ccc(F)cc2)oc2cc3c(cc12)C(C)OC(C(=O)N1CCOCC1)CN3S(C)(=O)=O. The third-order valence-electron chi connectivity index (χ3n) is 6.80. The standard InChI is InChI=1S/C26H28FN3O7S/c1-15-18-12-19-21(37-24(23(19)25(31)28-2)16-4-6-17(27)7-5-16)13-20(18)30(38(3,33)34)14-22(36-15)26(32)29-8-10-35-11-9-29/h4-7,12-13,15,22H,8-11,14H2,1-3H3,(H,28,31). The van der Waals surface area contributed by atoms with Crippen LogP contribution in [0.15, 0.2) is 40.8 Å². The van der Waals surface area contributed by atoms with Crippen LogP contribution >= 0.6 is 0 Å². The van der Waals surface area contributed by atoms with Gasteiger partial charge in [0.25, 0.3) is 11.8 Å². The van der Waals surface area contributed by atoms with Gasteiger partial charge in [0.1, 0.15) is 17.2 Å². The Morgan fingerprint density at radius 3 is 2.42 bits per heavy atom. The van der Waals surface area contributed by atoms with E-state index < -0.39 is 34.0 Å². The maximum Gasteiger partial charge on any atom is 0.255 e. The van der Waals surface area contributed by atoms with Gasteiger partial charge in [-0.1, -0.05) is 0 Å². The van der Waals surface area contributed by atoms with Crippen molar-refractivity contribution >= 4 is 38.5 Å². The first-order chi connectivity index (χ1) is 18.1. The molecule has 0 radical (unpaired) electrons. The lowest BCUT2D eigenvalue weighted by molar-refractivity contribution is -0.150. The van der Waals surface area contributed by atoms with E-state index in [1.54, 1.807) is 24.0 Å². The summed E-state index contributed by atoms with van der Waals surface area (Å²) in [6.07, 6.45) is -0.655. The number of fused-ring (bicyclic) bond motifs is 2. The summed E-state index contributed by atoms with van der Waals surface area (Å²) in [5.41, 5.74) is 1.75. The first-order valence-electron chi connectivity index (χ1n) is 12.2. The van der Waals surface area contributed by atoms with E-state index >= 15 is 0 Å². The number of ether oxygens (including phenoxy) is 2. The number of nitrogens with zero attached hydrogens (tertiary/aromatic N) is 2. The smallest absolute Gasteiger partial charge is 0.255 e. The molecule has 0 saturated carbocycles. The van der Waals surface area contributed by atoms with Gasteiger partial charge in [-0.2, -0.15) is 0 Å². The van der Waals surface area contributed by atoms with Crippen molar-refractivity contribution in [1.82, 2.24) is 10.2 Å². The number of anilines is 1. The van der Waals surface area contributed by atoms with Crippen LogP contribution in [0.3, 0.4) is 0 Å². The van der Waals surface area contributed by atoms with Gasteiger partial charge in [0.15, 0.2) is 6.10 Å². The van der Waals surface area contributed by atoms with E-state index in [1.165, 1.54) is 31.3 Å². The summed E-state index contributed by atoms with van der Waals surface area (Å²) in [4.78, 5) is 27.9. The number of halogens is 1. The highest BCUT2D eigenvalue weighted by Gasteiger charge is 2.38. The van der Waals surface area contributed by atoms with Crippen molar-refractivity contribution in [2.45, 2.75) is 19.1 Å². The molecule has 5 rings (SSSR count). The number of nitrogens with one attached hydrogen (secondary N) is 1. The van der Waals surface area contributed by atoms with Gasteiger partial charge in [0.05, 0.1) is 43.4 Å². The van der Waals surface area contributed by atoms with Gasteiger partial charge in [-0.25, -0.2) is 12.8 Å². The topological polar surface area (TPSA) is 118 Å². The Kier molecular flexibility index (Phi) is 6.88. The normalized spacial score (nSPS) is 20.2. The highest BCUT2D eigenvalue weighted by Crippen LogP contribution is 2.42. The summed E-state index contributed by atoms with van der Waals surface area (Å²) in [7, 11) is -2.35. The molecule has 3 heterocycles. The van der Waals surface area contributed by atoms with Gasteiger partial charge in [0.2, 0.25) is 10.0 Å². The first kappa shape index (κ1) is 26.1. The zero-order chi connectivity index (χ0) is 27.2. The summed E-state index contributed by atoms with van der Waals surface area (Å²) < 4.78 is 58.2. The van der Waals surface area contributed by atoms with Crippen molar-refractivity contribution in [3.05, 3.63) is 53.3 Å². The maximum atomic E-state index is 13.6. The molecule has 2 aromatic carbocycles. The number of benzene rings is 2. The van der Waals surface area contributed by atoms with E-state index in [1.807, 2.05) is 0 Å². The van der Waals surface area contributed by atoms with Crippen molar-refractivity contribution in [2.24, 2.45) is 0 Å². The van der Waals surface area contributed by atoms with Crippen LogP contribution in [0.25, 0.3) is 22.3 Å². The minimum absolute atomic E-state index is 0.217. The Morgan fingerprint density at radius 1 is 1.11 bits per heavy atom. The first-order valence-corrected chi connectivity index (χ1v) is 14.0. The Balaban J connectivity index is 1.65. The molecule has 1 aromatic heterocycles. The van der Waals surface area contributed by atoms with Crippen molar-refractivity contribution in [1.29, 1.82) is 0 Å². The minimum Gasteiger partial charge on any atom is -0.455 e. The molecule has 3 aromatic rings. The minimum atomic E-state index is -3.84. The molecule has 1 fully saturated rings. The van der Waals surface area contributed by atoms with E-state index in [-0.39, 0.29) is 29.4 Å². The summed E-state index contributed by atoms with van der Waals surface area (Å²) >= 11 is 0. The van der Waals surface area contributed by atoms with Gasteiger partial charge in [-0.15, -0.1) is 0 Å². The van der Waals surface area contributed by atoms with Crippen LogP contribution in [-0.2, 0) is 24.3 Å². The molecule has 12 heteroatoms. The fraction of sp³-hybridized carbons (Fsp3) is 0.385. The van der Waals surface area contributed by atoms with Gasteiger partial charge in [-0.05, 0) is 37.3 Å². The van der Waals surface area contributed by atoms with Crippen LogP contribution < -0.4 is 9.62 Å². The lowest BCUT2D eigenvalue weighted by Gasteiger charge is -2.31. The second-order valence-electron chi connectivity index (χ2n) is 9.30. The number of hydrogen-bond acceptors (Lipinski definition) is 7. The van der Waals surface area contributed by atoms with E-state index in [9.17, 15) is 22.4 Å². The van der Waals surface area contributed by atoms with Gasteiger partial charge in [0, 0.05) is 42.7 Å². The van der Waals surface area contributed by atoms with Crippen molar-refractivity contribution in [2.75, 3.05) is 50.5 Å². The predicted molar refractivity (Wildman–Crippen MR) is 138 cm³/mol. The van der Waals surface area contributed by atoms with Gasteiger partial charge < -0.3 is 24.1 Å². The summed E-state index contributed by atoms with van der Waals surface area (Å²) in [6, 6.07) is 8.74. The molecule has 2 amide bonds. The van der Waals surface area contributed by atoms with E-state index in [4.69, 9.17) is 13.9 Å². The fourth-order valence-corrected chi connectivity index (χ4v) is 5.82. The van der Waals surface area contributed by atoms with Crippen molar-refractivity contribution in [3.8, 4) is 11.3 Å². The molecule has 202 valence electrons. The molecule has 0 aliphatic carbocycles. The van der Waals surface area contributed by atoms with E-state index in [2.05, 4.69) is 5.32 Å². The van der Waals surface area contributed by atoms with Crippen molar-refractivity contribution < 1.29 is 36.3 Å². The predicted octanol–water partition coefficient (Wildman–Crippen LogP) is 2.68.